The van der Waals surface area contributed by atoms with Gasteiger partial charge in [0.1, 0.15) is 11.5 Å². The lowest BCUT2D eigenvalue weighted by molar-refractivity contribution is 0.438. The summed E-state index contributed by atoms with van der Waals surface area (Å²) in [5.41, 5.74) is 1.12. The maximum absolute atomic E-state index is 9.14. The first-order valence-electron chi connectivity index (χ1n) is 5.70. The summed E-state index contributed by atoms with van der Waals surface area (Å²) in [6.07, 6.45) is 2.63. The van der Waals surface area contributed by atoms with Gasteiger partial charge in [0.2, 0.25) is 5.89 Å². The smallest absolute Gasteiger partial charge is 0.208 e. The summed E-state index contributed by atoms with van der Waals surface area (Å²) < 4.78 is 5.48. The second-order valence-electron chi connectivity index (χ2n) is 3.84. The Bertz CT molecular complexity index is 463. The molecule has 0 unspecified atom stereocenters. The minimum Gasteiger partial charge on any atom is -0.508 e. The highest BCUT2D eigenvalue weighted by Crippen LogP contribution is 2.09. The van der Waals surface area contributed by atoms with E-state index in [1.54, 1.807) is 18.3 Å². The zero-order chi connectivity index (χ0) is 12.1. The number of aromatic nitrogens is 1. The third kappa shape index (κ3) is 3.32. The van der Waals surface area contributed by atoms with Crippen molar-refractivity contribution in [3.8, 4) is 5.75 Å². The molecule has 1 aromatic heterocycles. The predicted octanol–water partition coefficient (Wildman–Crippen LogP) is 2.23. The van der Waals surface area contributed by atoms with Crippen LogP contribution in [0.25, 0.3) is 0 Å². The molecular weight excluding hydrogens is 216 g/mol. The Balaban J connectivity index is 1.81. The molecule has 0 spiro atoms. The summed E-state index contributed by atoms with van der Waals surface area (Å²) in [6, 6.07) is 7.12. The number of rotatable bonds is 5. The van der Waals surface area contributed by atoms with Gasteiger partial charge >= 0.3 is 0 Å². The summed E-state index contributed by atoms with van der Waals surface area (Å²) in [6.45, 7) is 3.37. The van der Waals surface area contributed by atoms with Gasteiger partial charge in [0.15, 0.2) is 0 Å². The molecule has 4 heteroatoms. The Labute approximate surface area is 100 Å². The van der Waals surface area contributed by atoms with Crippen LogP contribution in [0, 0.1) is 0 Å². The van der Waals surface area contributed by atoms with Gasteiger partial charge in [-0.1, -0.05) is 19.1 Å². The topological polar surface area (TPSA) is 58.3 Å². The van der Waals surface area contributed by atoms with E-state index in [1.165, 1.54) is 0 Å². The lowest BCUT2D eigenvalue weighted by atomic mass is 10.2. The number of aromatic hydroxyl groups is 1. The molecule has 0 fully saturated rings. The minimum absolute atomic E-state index is 0.286. The van der Waals surface area contributed by atoms with Gasteiger partial charge in [0.25, 0.3) is 0 Å². The van der Waals surface area contributed by atoms with Crippen LogP contribution in [0.3, 0.4) is 0 Å². The third-order valence-corrected chi connectivity index (χ3v) is 2.49. The Morgan fingerprint density at radius 1 is 1.24 bits per heavy atom. The quantitative estimate of drug-likeness (QED) is 0.830. The molecule has 2 rings (SSSR count). The van der Waals surface area contributed by atoms with E-state index in [-0.39, 0.29) is 5.75 Å². The molecule has 17 heavy (non-hydrogen) atoms. The first kappa shape index (κ1) is 11.7. The second-order valence-corrected chi connectivity index (χ2v) is 3.84. The van der Waals surface area contributed by atoms with Gasteiger partial charge in [-0.15, -0.1) is 0 Å². The molecule has 0 saturated carbocycles. The molecule has 0 amide bonds. The molecule has 0 atom stereocenters. The largest absolute Gasteiger partial charge is 0.508 e. The lowest BCUT2D eigenvalue weighted by Gasteiger charge is -2.02. The summed E-state index contributed by atoms with van der Waals surface area (Å²) in [5, 5.41) is 12.4. The van der Waals surface area contributed by atoms with Crippen molar-refractivity contribution < 1.29 is 9.52 Å². The normalized spacial score (nSPS) is 10.6. The van der Waals surface area contributed by atoms with Crippen LogP contribution in [0.15, 0.2) is 34.9 Å². The van der Waals surface area contributed by atoms with Crippen molar-refractivity contribution in [3.05, 3.63) is 47.7 Å². The number of phenolic OH excluding ortho intramolecular Hbond substituents is 1. The fourth-order valence-corrected chi connectivity index (χ4v) is 1.52. The number of hydrogen-bond acceptors (Lipinski definition) is 4. The second kappa shape index (κ2) is 5.50. The summed E-state index contributed by atoms with van der Waals surface area (Å²) in [5.74, 6) is 1.90. The van der Waals surface area contributed by atoms with E-state index in [9.17, 15) is 0 Å². The maximum Gasteiger partial charge on any atom is 0.208 e. The van der Waals surface area contributed by atoms with Gasteiger partial charge in [-0.2, -0.15) is 0 Å². The van der Waals surface area contributed by atoms with Gasteiger partial charge in [0, 0.05) is 13.0 Å². The van der Waals surface area contributed by atoms with E-state index in [0.29, 0.717) is 12.4 Å². The average Bonchev–Trinajstić information content (AvgIpc) is 2.80. The first-order valence-corrected chi connectivity index (χ1v) is 5.70. The highest BCUT2D eigenvalue weighted by atomic mass is 16.4. The van der Waals surface area contributed by atoms with Crippen LogP contribution >= 0.6 is 0 Å². The Kier molecular flexibility index (Phi) is 3.77. The Morgan fingerprint density at radius 2 is 2.00 bits per heavy atom. The van der Waals surface area contributed by atoms with E-state index in [1.807, 2.05) is 19.1 Å². The van der Waals surface area contributed by atoms with Crippen LogP contribution in [0.1, 0.15) is 24.1 Å². The average molecular weight is 232 g/mol. The Hall–Kier alpha value is -1.81. The first-order chi connectivity index (χ1) is 8.28. The van der Waals surface area contributed by atoms with E-state index in [2.05, 4.69) is 10.3 Å². The highest BCUT2D eigenvalue weighted by Gasteiger charge is 2.01. The molecule has 2 aromatic rings. The number of nitrogens with zero attached hydrogens (tertiary/aromatic N) is 1. The fourth-order valence-electron chi connectivity index (χ4n) is 1.52. The molecule has 1 heterocycles. The van der Waals surface area contributed by atoms with Gasteiger partial charge in [-0.05, 0) is 17.7 Å². The number of hydrogen-bond donors (Lipinski definition) is 2. The van der Waals surface area contributed by atoms with Crippen molar-refractivity contribution in [2.75, 3.05) is 0 Å². The maximum atomic E-state index is 9.14. The summed E-state index contributed by atoms with van der Waals surface area (Å²) in [7, 11) is 0. The molecule has 0 radical (unpaired) electrons. The molecule has 0 aliphatic rings. The van der Waals surface area contributed by atoms with Crippen LogP contribution in [0.4, 0.5) is 0 Å². The highest BCUT2D eigenvalue weighted by molar-refractivity contribution is 5.25. The predicted molar refractivity (Wildman–Crippen MR) is 64.5 cm³/mol. The fraction of sp³-hybridized carbons (Fsp3) is 0.308. The zero-order valence-corrected chi connectivity index (χ0v) is 9.81. The van der Waals surface area contributed by atoms with Crippen LogP contribution in [-0.4, -0.2) is 10.1 Å². The van der Waals surface area contributed by atoms with Crippen LogP contribution in [0.2, 0.25) is 0 Å². The number of nitrogens with one attached hydrogen (secondary N) is 1. The van der Waals surface area contributed by atoms with Crippen molar-refractivity contribution in [1.82, 2.24) is 10.3 Å². The van der Waals surface area contributed by atoms with E-state index in [0.717, 1.165) is 24.3 Å². The monoisotopic (exact) mass is 232 g/mol. The molecule has 0 saturated heterocycles. The minimum atomic E-state index is 0.286. The molecular formula is C13H16N2O2. The van der Waals surface area contributed by atoms with Gasteiger partial charge in [-0.3, -0.25) is 0 Å². The van der Waals surface area contributed by atoms with Crippen molar-refractivity contribution in [2.24, 2.45) is 0 Å². The number of oxazole rings is 1. The zero-order valence-electron chi connectivity index (χ0n) is 9.81. The van der Waals surface area contributed by atoms with E-state index >= 15 is 0 Å². The molecule has 1 aromatic carbocycles. The third-order valence-electron chi connectivity index (χ3n) is 2.49. The molecule has 4 nitrogen and oxygen atoms in total. The van der Waals surface area contributed by atoms with Crippen molar-refractivity contribution in [1.29, 1.82) is 0 Å². The molecule has 0 aliphatic carbocycles. The van der Waals surface area contributed by atoms with Crippen molar-refractivity contribution >= 4 is 0 Å². The molecule has 2 N–H and O–H groups in total. The molecule has 90 valence electrons. The van der Waals surface area contributed by atoms with E-state index < -0.39 is 0 Å². The van der Waals surface area contributed by atoms with Crippen molar-refractivity contribution in [3.63, 3.8) is 0 Å². The SMILES string of the molecule is CCc1cnc(CNCc2ccc(O)cc2)o1. The summed E-state index contributed by atoms with van der Waals surface area (Å²) in [4.78, 5) is 4.16. The van der Waals surface area contributed by atoms with Gasteiger partial charge < -0.3 is 14.8 Å². The molecule has 0 bridgehead atoms. The van der Waals surface area contributed by atoms with Crippen LogP contribution < -0.4 is 5.32 Å². The van der Waals surface area contributed by atoms with Crippen LogP contribution in [0.5, 0.6) is 5.75 Å². The number of benzene rings is 1. The van der Waals surface area contributed by atoms with E-state index in [4.69, 9.17) is 9.52 Å². The number of phenols is 1. The summed E-state index contributed by atoms with van der Waals surface area (Å²) >= 11 is 0. The number of aryl methyl sites for hydroxylation is 1. The lowest BCUT2D eigenvalue weighted by Crippen LogP contribution is -2.12. The Morgan fingerprint density at radius 3 is 2.65 bits per heavy atom. The van der Waals surface area contributed by atoms with Crippen LogP contribution in [-0.2, 0) is 19.5 Å². The molecule has 0 aliphatic heterocycles. The van der Waals surface area contributed by atoms with Gasteiger partial charge in [-0.25, -0.2) is 4.98 Å². The standard InChI is InChI=1S/C13H16N2O2/c1-2-12-8-15-13(17-12)9-14-7-10-3-5-11(16)6-4-10/h3-6,8,14,16H,2,7,9H2,1H3. The van der Waals surface area contributed by atoms with Gasteiger partial charge in [0.05, 0.1) is 12.7 Å². The van der Waals surface area contributed by atoms with Crippen molar-refractivity contribution in [2.45, 2.75) is 26.4 Å².